The summed E-state index contributed by atoms with van der Waals surface area (Å²) in [4.78, 5) is 0. The number of halogens is 2. The van der Waals surface area contributed by atoms with Gasteiger partial charge >= 0.3 is 0 Å². The lowest BCUT2D eigenvalue weighted by Crippen LogP contribution is -2.18. The molecule has 1 aromatic carbocycles. The van der Waals surface area contributed by atoms with Gasteiger partial charge in [0, 0.05) is 11.0 Å². The lowest BCUT2D eigenvalue weighted by Gasteiger charge is -2.07. The van der Waals surface area contributed by atoms with Gasteiger partial charge in [-0.05, 0) is 57.9 Å². The SMILES string of the molecule is CC1(C)CC1CNCc1ccc(Cl)c(Br)c1. The summed E-state index contributed by atoms with van der Waals surface area (Å²) in [6.07, 6.45) is 1.35. The number of benzene rings is 1. The number of nitrogens with one attached hydrogen (secondary N) is 1. The molecular weight excluding hydrogens is 286 g/mol. The van der Waals surface area contributed by atoms with Crippen LogP contribution in [0.5, 0.6) is 0 Å². The summed E-state index contributed by atoms with van der Waals surface area (Å²) in [7, 11) is 0. The second-order valence-corrected chi connectivity index (χ2v) is 6.53. The van der Waals surface area contributed by atoms with Crippen molar-refractivity contribution in [3.63, 3.8) is 0 Å². The number of hydrogen-bond donors (Lipinski definition) is 1. The Kier molecular flexibility index (Phi) is 3.62. The first-order chi connectivity index (χ1) is 7.49. The van der Waals surface area contributed by atoms with Gasteiger partial charge in [0.1, 0.15) is 0 Å². The van der Waals surface area contributed by atoms with E-state index in [0.717, 1.165) is 28.5 Å². The van der Waals surface area contributed by atoms with Crippen LogP contribution < -0.4 is 5.32 Å². The molecule has 1 atom stereocenters. The molecule has 0 aromatic heterocycles. The van der Waals surface area contributed by atoms with E-state index in [1.165, 1.54) is 12.0 Å². The van der Waals surface area contributed by atoms with Crippen molar-refractivity contribution in [3.8, 4) is 0 Å². The summed E-state index contributed by atoms with van der Waals surface area (Å²) >= 11 is 9.38. The zero-order chi connectivity index (χ0) is 11.8. The highest BCUT2D eigenvalue weighted by Crippen LogP contribution is 2.50. The summed E-state index contributed by atoms with van der Waals surface area (Å²) in [5.74, 6) is 0.850. The maximum atomic E-state index is 5.95. The topological polar surface area (TPSA) is 12.0 Å². The van der Waals surface area contributed by atoms with Crippen LogP contribution >= 0.6 is 27.5 Å². The first-order valence-electron chi connectivity index (χ1n) is 5.64. The molecule has 0 spiro atoms. The Balaban J connectivity index is 1.79. The fourth-order valence-corrected chi connectivity index (χ4v) is 2.51. The number of rotatable bonds is 4. The lowest BCUT2D eigenvalue weighted by atomic mass is 10.1. The third kappa shape index (κ3) is 2.99. The first-order valence-corrected chi connectivity index (χ1v) is 6.81. The van der Waals surface area contributed by atoms with Crippen molar-refractivity contribution in [2.75, 3.05) is 6.54 Å². The Morgan fingerprint density at radius 1 is 1.50 bits per heavy atom. The maximum absolute atomic E-state index is 5.95. The van der Waals surface area contributed by atoms with Crippen LogP contribution in [0.3, 0.4) is 0 Å². The zero-order valence-corrected chi connectivity index (χ0v) is 12.0. The summed E-state index contributed by atoms with van der Waals surface area (Å²) < 4.78 is 0.972. The summed E-state index contributed by atoms with van der Waals surface area (Å²) in [5.41, 5.74) is 1.84. The van der Waals surface area contributed by atoms with Gasteiger partial charge in [0.15, 0.2) is 0 Å². The monoisotopic (exact) mass is 301 g/mol. The minimum atomic E-state index is 0.563. The quantitative estimate of drug-likeness (QED) is 0.877. The van der Waals surface area contributed by atoms with E-state index in [0.29, 0.717) is 5.41 Å². The van der Waals surface area contributed by atoms with Gasteiger partial charge in [0.25, 0.3) is 0 Å². The van der Waals surface area contributed by atoms with E-state index < -0.39 is 0 Å². The average Bonchev–Trinajstić information content (AvgIpc) is 2.80. The van der Waals surface area contributed by atoms with E-state index in [1.54, 1.807) is 0 Å². The van der Waals surface area contributed by atoms with Crippen LogP contribution in [0.4, 0.5) is 0 Å². The third-order valence-electron chi connectivity index (χ3n) is 3.42. The molecule has 1 N–H and O–H groups in total. The Bertz CT molecular complexity index is 390. The van der Waals surface area contributed by atoms with Crippen molar-refractivity contribution in [2.45, 2.75) is 26.8 Å². The van der Waals surface area contributed by atoms with E-state index >= 15 is 0 Å². The van der Waals surface area contributed by atoms with Crippen LogP contribution in [0.15, 0.2) is 22.7 Å². The highest BCUT2D eigenvalue weighted by molar-refractivity contribution is 9.10. The van der Waals surface area contributed by atoms with Crippen molar-refractivity contribution in [1.82, 2.24) is 5.32 Å². The molecule has 0 heterocycles. The zero-order valence-electron chi connectivity index (χ0n) is 9.69. The highest BCUT2D eigenvalue weighted by Gasteiger charge is 2.44. The smallest absolute Gasteiger partial charge is 0.0548 e. The molecule has 2 rings (SSSR count). The maximum Gasteiger partial charge on any atom is 0.0548 e. The predicted octanol–water partition coefficient (Wildman–Crippen LogP) is 4.24. The molecule has 0 saturated heterocycles. The van der Waals surface area contributed by atoms with Crippen molar-refractivity contribution >= 4 is 27.5 Å². The fraction of sp³-hybridized carbons (Fsp3) is 0.538. The van der Waals surface area contributed by atoms with Gasteiger partial charge < -0.3 is 5.32 Å². The van der Waals surface area contributed by atoms with Gasteiger partial charge in [-0.15, -0.1) is 0 Å². The van der Waals surface area contributed by atoms with Gasteiger partial charge in [-0.1, -0.05) is 31.5 Å². The van der Waals surface area contributed by atoms with Crippen LogP contribution in [-0.2, 0) is 6.54 Å². The van der Waals surface area contributed by atoms with E-state index in [4.69, 9.17) is 11.6 Å². The van der Waals surface area contributed by atoms with Crippen LogP contribution in [-0.4, -0.2) is 6.54 Å². The molecule has 1 aliphatic carbocycles. The second-order valence-electron chi connectivity index (χ2n) is 5.27. The Hall–Kier alpha value is -0.0500. The van der Waals surface area contributed by atoms with E-state index in [2.05, 4.69) is 47.2 Å². The molecule has 1 unspecified atom stereocenters. The largest absolute Gasteiger partial charge is 0.312 e. The average molecular weight is 303 g/mol. The van der Waals surface area contributed by atoms with Crippen molar-refractivity contribution in [2.24, 2.45) is 11.3 Å². The molecule has 0 aliphatic heterocycles. The van der Waals surface area contributed by atoms with Gasteiger partial charge in [-0.25, -0.2) is 0 Å². The van der Waals surface area contributed by atoms with Crippen LogP contribution in [0.2, 0.25) is 5.02 Å². The van der Waals surface area contributed by atoms with Crippen molar-refractivity contribution < 1.29 is 0 Å². The molecule has 16 heavy (non-hydrogen) atoms. The van der Waals surface area contributed by atoms with Gasteiger partial charge in [0.2, 0.25) is 0 Å². The number of hydrogen-bond acceptors (Lipinski definition) is 1. The normalized spacial score (nSPS) is 22.1. The molecular formula is C13H17BrClN. The van der Waals surface area contributed by atoms with Crippen LogP contribution in [0.25, 0.3) is 0 Å². The molecule has 1 nitrogen and oxygen atoms in total. The van der Waals surface area contributed by atoms with Gasteiger partial charge in [0.05, 0.1) is 5.02 Å². The summed E-state index contributed by atoms with van der Waals surface area (Å²) in [6.45, 7) is 6.70. The molecule has 0 radical (unpaired) electrons. The van der Waals surface area contributed by atoms with Crippen molar-refractivity contribution in [1.29, 1.82) is 0 Å². The summed E-state index contributed by atoms with van der Waals surface area (Å²) in [6, 6.07) is 6.08. The Labute approximate surface area is 111 Å². The minimum absolute atomic E-state index is 0.563. The van der Waals surface area contributed by atoms with E-state index in [9.17, 15) is 0 Å². The molecule has 0 bridgehead atoms. The molecule has 88 valence electrons. The standard InChI is InChI=1S/C13H17BrClN/c1-13(2)6-10(13)8-16-7-9-3-4-12(15)11(14)5-9/h3-5,10,16H,6-8H2,1-2H3. The van der Waals surface area contributed by atoms with E-state index in [-0.39, 0.29) is 0 Å². The predicted molar refractivity (Wildman–Crippen MR) is 72.7 cm³/mol. The van der Waals surface area contributed by atoms with Crippen LogP contribution in [0, 0.1) is 11.3 Å². The van der Waals surface area contributed by atoms with Crippen LogP contribution in [0.1, 0.15) is 25.8 Å². The fourth-order valence-electron chi connectivity index (χ4n) is 1.96. The molecule has 1 aromatic rings. The Morgan fingerprint density at radius 2 is 2.19 bits per heavy atom. The molecule has 1 aliphatic rings. The highest BCUT2D eigenvalue weighted by atomic mass is 79.9. The Morgan fingerprint density at radius 3 is 2.75 bits per heavy atom. The van der Waals surface area contributed by atoms with Gasteiger partial charge in [-0.3, -0.25) is 0 Å². The molecule has 0 amide bonds. The molecule has 3 heteroatoms. The lowest BCUT2D eigenvalue weighted by molar-refractivity contribution is 0.519. The first kappa shape index (κ1) is 12.4. The van der Waals surface area contributed by atoms with Gasteiger partial charge in [-0.2, -0.15) is 0 Å². The van der Waals surface area contributed by atoms with E-state index in [1.807, 2.05) is 6.07 Å². The minimum Gasteiger partial charge on any atom is -0.312 e. The van der Waals surface area contributed by atoms with Crippen molar-refractivity contribution in [3.05, 3.63) is 33.3 Å². The third-order valence-corrected chi connectivity index (χ3v) is 4.64. The molecule has 1 saturated carbocycles. The second kappa shape index (κ2) is 4.67. The summed E-state index contributed by atoms with van der Waals surface area (Å²) in [5, 5.41) is 4.27. The molecule has 1 fully saturated rings.